The van der Waals surface area contributed by atoms with Crippen LogP contribution in [0.25, 0.3) is 0 Å². The van der Waals surface area contributed by atoms with Crippen molar-refractivity contribution in [1.82, 2.24) is 14.9 Å². The van der Waals surface area contributed by atoms with Crippen LogP contribution in [0.4, 0.5) is 11.5 Å². The van der Waals surface area contributed by atoms with Crippen molar-refractivity contribution in [3.63, 3.8) is 0 Å². The van der Waals surface area contributed by atoms with E-state index in [1.165, 1.54) is 6.20 Å². The molecule has 1 aromatic heterocycles. The number of hydrogen-bond donors (Lipinski definition) is 0. The summed E-state index contributed by atoms with van der Waals surface area (Å²) in [6.07, 6.45) is 8.81. The highest BCUT2D eigenvalue weighted by Gasteiger charge is 2.36. The Kier molecular flexibility index (Phi) is 5.43. The Hall–Kier alpha value is -2.83. The Morgan fingerprint density at radius 2 is 2.00 bits per heavy atom. The third-order valence-electron chi connectivity index (χ3n) is 6.46. The summed E-state index contributed by atoms with van der Waals surface area (Å²) < 4.78 is 26.7. The second-order valence-corrected chi connectivity index (χ2v) is 11.0. The maximum Gasteiger partial charge on any atom is 0.184 e. The zero-order valence-electron chi connectivity index (χ0n) is 17.4. The fourth-order valence-electron chi connectivity index (χ4n) is 4.71. The lowest BCUT2D eigenvalue weighted by Gasteiger charge is -2.39. The van der Waals surface area contributed by atoms with Gasteiger partial charge in [0, 0.05) is 44.5 Å². The highest BCUT2D eigenvalue weighted by molar-refractivity contribution is 7.92. The first-order valence-electron chi connectivity index (χ1n) is 10.6. The van der Waals surface area contributed by atoms with E-state index in [9.17, 15) is 8.42 Å². The smallest absolute Gasteiger partial charge is 0.184 e. The largest absolute Gasteiger partial charge is 0.371 e. The molecular weight excluding hydrogens is 448 g/mol. The SMILES string of the molecule is N#Cc1cncc(N2CC[C@H](S(=O)(=O)c3ccc(N4CCN5C=CC[C@H]5C4)cc3Cl)C2)n1. The molecule has 0 amide bonds. The van der Waals surface area contributed by atoms with E-state index in [1.54, 1.807) is 18.3 Å². The van der Waals surface area contributed by atoms with Crippen LogP contribution in [-0.2, 0) is 9.84 Å². The summed E-state index contributed by atoms with van der Waals surface area (Å²) in [4.78, 5) is 14.9. The van der Waals surface area contributed by atoms with E-state index in [1.807, 2.05) is 17.0 Å². The summed E-state index contributed by atoms with van der Waals surface area (Å²) in [5, 5.41) is 8.71. The van der Waals surface area contributed by atoms with Crippen molar-refractivity contribution < 1.29 is 8.42 Å². The maximum absolute atomic E-state index is 13.4. The Morgan fingerprint density at radius 1 is 1.12 bits per heavy atom. The summed E-state index contributed by atoms with van der Waals surface area (Å²) in [5.41, 5.74) is 1.17. The lowest BCUT2D eigenvalue weighted by atomic mass is 10.1. The molecule has 0 unspecified atom stereocenters. The van der Waals surface area contributed by atoms with E-state index < -0.39 is 15.1 Å². The van der Waals surface area contributed by atoms with Crippen molar-refractivity contribution in [2.45, 2.75) is 29.0 Å². The molecule has 3 aliphatic heterocycles. The highest BCUT2D eigenvalue weighted by atomic mass is 35.5. The molecule has 0 aliphatic carbocycles. The van der Waals surface area contributed by atoms with E-state index >= 15 is 0 Å². The predicted octanol–water partition coefficient (Wildman–Crippen LogP) is 2.46. The molecule has 5 rings (SSSR count). The average Bonchev–Trinajstić information content (AvgIpc) is 3.48. The van der Waals surface area contributed by atoms with Crippen LogP contribution in [0.2, 0.25) is 5.02 Å². The van der Waals surface area contributed by atoms with Gasteiger partial charge in [-0.3, -0.25) is 4.98 Å². The topological polar surface area (TPSA) is 93.4 Å². The fraction of sp³-hybridized carbons (Fsp3) is 0.409. The average molecular weight is 471 g/mol. The van der Waals surface area contributed by atoms with Gasteiger partial charge in [-0.25, -0.2) is 13.4 Å². The molecule has 0 spiro atoms. The van der Waals surface area contributed by atoms with Crippen molar-refractivity contribution >= 4 is 32.9 Å². The number of nitriles is 1. The predicted molar refractivity (Wildman–Crippen MR) is 122 cm³/mol. The minimum Gasteiger partial charge on any atom is -0.371 e. The van der Waals surface area contributed by atoms with Gasteiger partial charge in [-0.2, -0.15) is 5.26 Å². The van der Waals surface area contributed by atoms with Crippen molar-refractivity contribution in [2.75, 3.05) is 42.5 Å². The van der Waals surface area contributed by atoms with Crippen molar-refractivity contribution in [1.29, 1.82) is 5.26 Å². The summed E-state index contributed by atoms with van der Waals surface area (Å²) in [6.45, 7) is 3.55. The first-order chi connectivity index (χ1) is 15.5. The number of piperazine rings is 1. The third kappa shape index (κ3) is 3.78. The quantitative estimate of drug-likeness (QED) is 0.672. The zero-order valence-corrected chi connectivity index (χ0v) is 19.0. The summed E-state index contributed by atoms with van der Waals surface area (Å²) in [6, 6.07) is 7.72. The molecule has 10 heteroatoms. The molecule has 2 fully saturated rings. The molecule has 4 heterocycles. The Bertz CT molecular complexity index is 1210. The molecule has 2 saturated heterocycles. The second kappa shape index (κ2) is 8.26. The highest BCUT2D eigenvalue weighted by Crippen LogP contribution is 2.34. The van der Waals surface area contributed by atoms with Crippen LogP contribution in [0.3, 0.4) is 0 Å². The molecule has 0 radical (unpaired) electrons. The number of anilines is 2. The fourth-order valence-corrected chi connectivity index (χ4v) is 6.95. The van der Waals surface area contributed by atoms with Gasteiger partial charge in [-0.05, 0) is 37.2 Å². The minimum atomic E-state index is -3.61. The second-order valence-electron chi connectivity index (χ2n) is 8.35. The van der Waals surface area contributed by atoms with Crippen LogP contribution in [-0.4, -0.2) is 67.3 Å². The maximum atomic E-state index is 13.4. The number of hydrogen-bond acceptors (Lipinski definition) is 8. The van der Waals surface area contributed by atoms with Crippen LogP contribution in [0, 0.1) is 11.3 Å². The lowest BCUT2D eigenvalue weighted by Crippen LogP contribution is -2.49. The van der Waals surface area contributed by atoms with E-state index in [0.717, 1.165) is 31.7 Å². The molecule has 2 aromatic rings. The number of fused-ring (bicyclic) bond motifs is 1. The first-order valence-corrected chi connectivity index (χ1v) is 12.6. The number of rotatable bonds is 4. The summed E-state index contributed by atoms with van der Waals surface area (Å²) in [7, 11) is -3.61. The molecule has 2 atom stereocenters. The molecule has 3 aliphatic rings. The van der Waals surface area contributed by atoms with Gasteiger partial charge < -0.3 is 14.7 Å². The number of sulfone groups is 1. The normalized spacial score (nSPS) is 22.8. The molecule has 32 heavy (non-hydrogen) atoms. The van der Waals surface area contributed by atoms with Crippen LogP contribution in [0.15, 0.2) is 47.8 Å². The van der Waals surface area contributed by atoms with Crippen LogP contribution >= 0.6 is 11.6 Å². The van der Waals surface area contributed by atoms with Gasteiger partial charge in [0.15, 0.2) is 15.5 Å². The number of nitrogens with zero attached hydrogens (tertiary/aromatic N) is 6. The minimum absolute atomic E-state index is 0.174. The monoisotopic (exact) mass is 470 g/mol. The summed E-state index contributed by atoms with van der Waals surface area (Å²) in [5.74, 6) is 0.517. The summed E-state index contributed by atoms with van der Waals surface area (Å²) >= 11 is 6.52. The Labute approximate surface area is 192 Å². The number of halogens is 1. The van der Waals surface area contributed by atoms with Gasteiger partial charge in [0.05, 0.1) is 27.6 Å². The van der Waals surface area contributed by atoms with E-state index in [0.29, 0.717) is 31.4 Å². The molecular formula is C22H23ClN6O2S. The Balaban J connectivity index is 1.32. The van der Waals surface area contributed by atoms with Gasteiger partial charge in [0.2, 0.25) is 0 Å². The van der Waals surface area contributed by atoms with E-state index in [-0.39, 0.29) is 15.6 Å². The third-order valence-corrected chi connectivity index (χ3v) is 9.12. The molecule has 8 nitrogen and oxygen atoms in total. The van der Waals surface area contributed by atoms with Crippen LogP contribution < -0.4 is 9.80 Å². The standard InChI is InChI=1S/C22H23ClN6O2S/c23-20-10-17(28-9-8-27-6-1-2-18(27)14-28)3-4-21(20)32(30,31)19-5-7-29(15-19)22-13-25-12-16(11-24)26-22/h1,3-4,6,10,12-13,18-19H,2,5,7-9,14-15H2/t18-,19-/m0/s1. The molecule has 0 N–H and O–H groups in total. The van der Waals surface area contributed by atoms with E-state index in [4.69, 9.17) is 16.9 Å². The number of benzene rings is 1. The van der Waals surface area contributed by atoms with Gasteiger partial charge in [0.25, 0.3) is 0 Å². The van der Waals surface area contributed by atoms with E-state index in [2.05, 4.69) is 32.0 Å². The molecule has 0 bridgehead atoms. The van der Waals surface area contributed by atoms with Crippen molar-refractivity contribution in [2.24, 2.45) is 0 Å². The van der Waals surface area contributed by atoms with Gasteiger partial charge in [-0.1, -0.05) is 17.7 Å². The van der Waals surface area contributed by atoms with Crippen LogP contribution in [0.5, 0.6) is 0 Å². The Morgan fingerprint density at radius 3 is 2.81 bits per heavy atom. The first kappa shape index (κ1) is 21.0. The van der Waals surface area contributed by atoms with Crippen molar-refractivity contribution in [3.8, 4) is 6.07 Å². The zero-order chi connectivity index (χ0) is 22.3. The molecule has 1 aromatic carbocycles. The lowest BCUT2D eigenvalue weighted by molar-refractivity contribution is 0.271. The van der Waals surface area contributed by atoms with Crippen molar-refractivity contribution in [3.05, 3.63) is 53.6 Å². The van der Waals surface area contributed by atoms with Gasteiger partial charge in [-0.15, -0.1) is 0 Å². The van der Waals surface area contributed by atoms with Gasteiger partial charge in [0.1, 0.15) is 11.9 Å². The van der Waals surface area contributed by atoms with Gasteiger partial charge >= 0.3 is 0 Å². The number of aromatic nitrogens is 2. The van der Waals surface area contributed by atoms with Crippen LogP contribution in [0.1, 0.15) is 18.5 Å². The molecule has 166 valence electrons. The molecule has 0 saturated carbocycles.